The Balaban J connectivity index is 1.51. The topological polar surface area (TPSA) is 55.9 Å². The van der Waals surface area contributed by atoms with Gasteiger partial charge in [0.1, 0.15) is 0 Å². The fourth-order valence-electron chi connectivity index (χ4n) is 3.12. The summed E-state index contributed by atoms with van der Waals surface area (Å²) in [4.78, 5) is 30.8. The zero-order chi connectivity index (χ0) is 17.1. The summed E-state index contributed by atoms with van der Waals surface area (Å²) in [5.74, 6) is -0.292. The number of imide groups is 1. The third-order valence-electron chi connectivity index (χ3n) is 4.65. The van der Waals surface area contributed by atoms with Crippen molar-refractivity contribution in [3.8, 4) is 0 Å². The Morgan fingerprint density at radius 3 is 2.46 bits per heavy atom. The second-order valence-electron chi connectivity index (χ2n) is 6.40. The van der Waals surface area contributed by atoms with Crippen molar-refractivity contribution in [2.45, 2.75) is 12.5 Å². The molecular formula is C17H23BrN4O2. The van der Waals surface area contributed by atoms with Crippen LogP contribution in [0.15, 0.2) is 28.7 Å². The first-order valence-corrected chi connectivity index (χ1v) is 9.10. The predicted octanol–water partition coefficient (Wildman–Crippen LogP) is 0.918. The van der Waals surface area contributed by atoms with Gasteiger partial charge in [-0.1, -0.05) is 15.9 Å². The molecule has 1 aromatic carbocycles. The smallest absolute Gasteiger partial charge is 0.251 e. The standard InChI is InChI=1S/C17H23BrN4O2/c1-20-8-10-21(11-9-20)7-6-19-15-12-16(23)22(17(15)24)14-4-2-13(18)3-5-14/h2-5,15,19H,6-12H2,1H3. The number of nitrogens with zero attached hydrogens (tertiary/aromatic N) is 3. The van der Waals surface area contributed by atoms with Gasteiger partial charge in [0.15, 0.2) is 0 Å². The number of benzene rings is 1. The number of piperazine rings is 1. The van der Waals surface area contributed by atoms with Crippen molar-refractivity contribution in [1.82, 2.24) is 15.1 Å². The van der Waals surface area contributed by atoms with E-state index in [4.69, 9.17) is 0 Å². The molecule has 2 amide bonds. The van der Waals surface area contributed by atoms with Crippen molar-refractivity contribution in [2.24, 2.45) is 0 Å². The van der Waals surface area contributed by atoms with Crippen molar-refractivity contribution in [1.29, 1.82) is 0 Å². The van der Waals surface area contributed by atoms with Gasteiger partial charge in [-0.25, -0.2) is 4.90 Å². The van der Waals surface area contributed by atoms with E-state index < -0.39 is 6.04 Å². The lowest BCUT2D eigenvalue weighted by molar-refractivity contribution is -0.121. The van der Waals surface area contributed by atoms with E-state index in [1.54, 1.807) is 12.1 Å². The molecule has 130 valence electrons. The van der Waals surface area contributed by atoms with E-state index in [1.165, 1.54) is 4.90 Å². The van der Waals surface area contributed by atoms with Crippen LogP contribution in [0.5, 0.6) is 0 Å². The highest BCUT2D eigenvalue weighted by Crippen LogP contribution is 2.24. The van der Waals surface area contributed by atoms with Crippen molar-refractivity contribution in [3.63, 3.8) is 0 Å². The second kappa shape index (κ2) is 7.74. The molecular weight excluding hydrogens is 372 g/mol. The van der Waals surface area contributed by atoms with E-state index in [-0.39, 0.29) is 18.2 Å². The molecule has 1 atom stereocenters. The summed E-state index contributed by atoms with van der Waals surface area (Å²) in [5, 5.41) is 3.25. The number of anilines is 1. The summed E-state index contributed by atoms with van der Waals surface area (Å²) in [7, 11) is 2.13. The number of likely N-dealkylation sites (N-methyl/N-ethyl adjacent to an activating group) is 1. The first kappa shape index (κ1) is 17.5. The molecule has 0 bridgehead atoms. The zero-order valence-electron chi connectivity index (χ0n) is 13.9. The van der Waals surface area contributed by atoms with Crippen LogP contribution < -0.4 is 10.2 Å². The minimum Gasteiger partial charge on any atom is -0.304 e. The highest BCUT2D eigenvalue weighted by atomic mass is 79.9. The van der Waals surface area contributed by atoms with E-state index in [1.807, 2.05) is 12.1 Å². The van der Waals surface area contributed by atoms with Crippen molar-refractivity contribution < 1.29 is 9.59 Å². The van der Waals surface area contributed by atoms with Gasteiger partial charge in [0, 0.05) is 43.7 Å². The highest BCUT2D eigenvalue weighted by Gasteiger charge is 2.39. The fraction of sp³-hybridized carbons (Fsp3) is 0.529. The number of nitrogens with one attached hydrogen (secondary N) is 1. The predicted molar refractivity (Wildman–Crippen MR) is 97.0 cm³/mol. The van der Waals surface area contributed by atoms with Gasteiger partial charge in [-0.05, 0) is 31.3 Å². The average Bonchev–Trinajstić information content (AvgIpc) is 2.85. The summed E-state index contributed by atoms with van der Waals surface area (Å²) >= 11 is 3.36. The molecule has 2 fully saturated rings. The largest absolute Gasteiger partial charge is 0.304 e. The molecule has 1 N–H and O–H groups in total. The molecule has 2 aliphatic rings. The molecule has 2 saturated heterocycles. The van der Waals surface area contributed by atoms with Crippen LogP contribution in [-0.4, -0.2) is 74.0 Å². The molecule has 0 aromatic heterocycles. The van der Waals surface area contributed by atoms with Gasteiger partial charge in [-0.15, -0.1) is 0 Å². The number of carbonyl (C=O) groups is 2. The Hall–Kier alpha value is -1.28. The quantitative estimate of drug-likeness (QED) is 0.752. The summed E-state index contributed by atoms with van der Waals surface area (Å²) in [5.41, 5.74) is 0.636. The normalized spacial score (nSPS) is 23.2. The molecule has 7 heteroatoms. The third-order valence-corrected chi connectivity index (χ3v) is 5.17. The van der Waals surface area contributed by atoms with Crippen molar-refractivity contribution in [2.75, 3.05) is 51.2 Å². The van der Waals surface area contributed by atoms with Crippen LogP contribution in [0, 0.1) is 0 Å². The van der Waals surface area contributed by atoms with Crippen LogP contribution in [0.2, 0.25) is 0 Å². The van der Waals surface area contributed by atoms with Gasteiger partial charge < -0.3 is 10.2 Å². The number of halogens is 1. The van der Waals surface area contributed by atoms with Crippen LogP contribution >= 0.6 is 15.9 Å². The average molecular weight is 395 g/mol. The van der Waals surface area contributed by atoms with Gasteiger partial charge in [0.25, 0.3) is 5.91 Å². The fourth-order valence-corrected chi connectivity index (χ4v) is 3.39. The van der Waals surface area contributed by atoms with Gasteiger partial charge in [0.2, 0.25) is 5.91 Å². The number of hydrogen-bond acceptors (Lipinski definition) is 5. The zero-order valence-corrected chi connectivity index (χ0v) is 15.5. The van der Waals surface area contributed by atoms with Crippen molar-refractivity contribution in [3.05, 3.63) is 28.7 Å². The lowest BCUT2D eigenvalue weighted by Crippen LogP contribution is -2.48. The van der Waals surface area contributed by atoms with Crippen LogP contribution in [0.3, 0.4) is 0 Å². The summed E-state index contributed by atoms with van der Waals surface area (Å²) < 4.78 is 0.923. The number of hydrogen-bond donors (Lipinski definition) is 1. The maximum atomic E-state index is 12.5. The molecule has 6 nitrogen and oxygen atoms in total. The molecule has 0 spiro atoms. The van der Waals surface area contributed by atoms with E-state index >= 15 is 0 Å². The van der Waals surface area contributed by atoms with Crippen molar-refractivity contribution >= 4 is 33.4 Å². The van der Waals surface area contributed by atoms with Gasteiger partial charge >= 0.3 is 0 Å². The van der Waals surface area contributed by atoms with Gasteiger partial charge in [-0.3, -0.25) is 14.5 Å². The maximum Gasteiger partial charge on any atom is 0.251 e. The highest BCUT2D eigenvalue weighted by molar-refractivity contribution is 9.10. The minimum absolute atomic E-state index is 0.139. The first-order chi connectivity index (χ1) is 11.5. The Morgan fingerprint density at radius 2 is 1.79 bits per heavy atom. The van der Waals surface area contributed by atoms with E-state index in [2.05, 4.69) is 38.1 Å². The molecule has 0 saturated carbocycles. The van der Waals surface area contributed by atoms with E-state index in [0.717, 1.165) is 43.7 Å². The molecule has 0 radical (unpaired) electrons. The number of carbonyl (C=O) groups excluding carboxylic acids is 2. The molecule has 2 heterocycles. The maximum absolute atomic E-state index is 12.5. The Morgan fingerprint density at radius 1 is 1.12 bits per heavy atom. The van der Waals surface area contributed by atoms with Gasteiger partial charge in [-0.2, -0.15) is 0 Å². The van der Waals surface area contributed by atoms with E-state index in [9.17, 15) is 9.59 Å². The van der Waals surface area contributed by atoms with Crippen LogP contribution in [0.25, 0.3) is 0 Å². The minimum atomic E-state index is -0.409. The van der Waals surface area contributed by atoms with Crippen LogP contribution in [-0.2, 0) is 9.59 Å². The summed E-state index contributed by atoms with van der Waals surface area (Å²) in [6.45, 7) is 5.91. The van der Waals surface area contributed by atoms with E-state index in [0.29, 0.717) is 5.69 Å². The Bertz CT molecular complexity index is 599. The molecule has 2 aliphatic heterocycles. The monoisotopic (exact) mass is 394 g/mol. The molecule has 0 aliphatic carbocycles. The Kier molecular flexibility index (Phi) is 5.65. The summed E-state index contributed by atoms with van der Waals surface area (Å²) in [6, 6.07) is 6.83. The third kappa shape index (κ3) is 4.03. The summed E-state index contributed by atoms with van der Waals surface area (Å²) in [6.07, 6.45) is 0.234. The number of amides is 2. The van der Waals surface area contributed by atoms with Crippen LogP contribution in [0.1, 0.15) is 6.42 Å². The Labute approximate surface area is 150 Å². The lowest BCUT2D eigenvalue weighted by Gasteiger charge is -2.32. The SMILES string of the molecule is CN1CCN(CCNC2CC(=O)N(c3ccc(Br)cc3)C2=O)CC1. The molecule has 24 heavy (non-hydrogen) atoms. The molecule has 1 unspecified atom stereocenters. The molecule has 3 rings (SSSR count). The number of rotatable bonds is 5. The second-order valence-corrected chi connectivity index (χ2v) is 7.32. The molecule has 1 aromatic rings. The lowest BCUT2D eigenvalue weighted by atomic mass is 10.2. The van der Waals surface area contributed by atoms with Gasteiger partial charge in [0.05, 0.1) is 18.2 Å². The first-order valence-electron chi connectivity index (χ1n) is 8.31. The van der Waals surface area contributed by atoms with Crippen LogP contribution in [0.4, 0.5) is 5.69 Å².